The van der Waals surface area contributed by atoms with Gasteiger partial charge in [-0.1, -0.05) is 0 Å². The Labute approximate surface area is 159 Å². The lowest BCUT2D eigenvalue weighted by Crippen LogP contribution is -2.44. The second-order valence-corrected chi connectivity index (χ2v) is 7.27. The zero-order valence-corrected chi connectivity index (χ0v) is 16.2. The first-order valence-electron chi connectivity index (χ1n) is 9.56. The molecule has 2 aromatic rings. The van der Waals surface area contributed by atoms with E-state index >= 15 is 0 Å². The minimum Gasteiger partial charge on any atom is -0.353 e. The van der Waals surface area contributed by atoms with Crippen LogP contribution in [0.5, 0.6) is 0 Å². The van der Waals surface area contributed by atoms with Crippen molar-refractivity contribution in [3.63, 3.8) is 0 Å². The van der Waals surface area contributed by atoms with Crippen molar-refractivity contribution in [3.05, 3.63) is 35.4 Å². The van der Waals surface area contributed by atoms with Crippen LogP contribution in [0.15, 0.2) is 18.5 Å². The smallest absolute Gasteiger partial charge is 0.272 e. The van der Waals surface area contributed by atoms with Crippen molar-refractivity contribution >= 4 is 11.8 Å². The molecule has 0 spiro atoms. The summed E-state index contributed by atoms with van der Waals surface area (Å²) in [4.78, 5) is 24.5. The number of rotatable bonds is 6. The van der Waals surface area contributed by atoms with E-state index in [0.717, 1.165) is 43.5 Å². The van der Waals surface area contributed by atoms with E-state index in [4.69, 9.17) is 0 Å². The fourth-order valence-electron chi connectivity index (χ4n) is 3.45. The maximum Gasteiger partial charge on any atom is 0.272 e. The first-order chi connectivity index (χ1) is 12.9. The quantitative estimate of drug-likeness (QED) is 0.800. The molecule has 2 aromatic heterocycles. The van der Waals surface area contributed by atoms with E-state index in [2.05, 4.69) is 20.8 Å². The van der Waals surface area contributed by atoms with Gasteiger partial charge in [0.25, 0.3) is 5.91 Å². The lowest BCUT2D eigenvalue weighted by atomic mass is 9.91. The number of nitrogens with one attached hydrogen (secondary N) is 2. The molecule has 0 bridgehead atoms. The van der Waals surface area contributed by atoms with Gasteiger partial charge in [0.2, 0.25) is 5.91 Å². The number of aromatic nitrogens is 4. The zero-order chi connectivity index (χ0) is 19.4. The zero-order valence-electron chi connectivity index (χ0n) is 16.2. The number of carbonyl (C=O) groups is 2. The predicted molar refractivity (Wildman–Crippen MR) is 101 cm³/mol. The van der Waals surface area contributed by atoms with Gasteiger partial charge in [-0.25, -0.2) is 0 Å². The van der Waals surface area contributed by atoms with Crippen molar-refractivity contribution in [1.82, 2.24) is 30.2 Å². The fourth-order valence-corrected chi connectivity index (χ4v) is 3.45. The summed E-state index contributed by atoms with van der Waals surface area (Å²) >= 11 is 0. The molecule has 8 heteroatoms. The Morgan fingerprint density at radius 2 is 1.85 bits per heavy atom. The van der Waals surface area contributed by atoms with Gasteiger partial charge in [-0.3, -0.25) is 19.0 Å². The van der Waals surface area contributed by atoms with E-state index in [1.807, 2.05) is 31.8 Å². The van der Waals surface area contributed by atoms with Crippen LogP contribution >= 0.6 is 0 Å². The molecular weight excluding hydrogens is 344 g/mol. The standard InChI is InChI=1S/C19H28N6O2/c1-4-25-12-14(11-20-25)10-18(26)21-15-5-7-16(8-6-15)22-19(27)17-9-13(2)24(3)23-17/h9,11-12,15-16H,4-8,10H2,1-3H3,(H,21,26)(H,22,27). The molecule has 2 N–H and O–H groups in total. The van der Waals surface area contributed by atoms with E-state index in [0.29, 0.717) is 12.1 Å². The molecule has 8 nitrogen and oxygen atoms in total. The normalized spacial score (nSPS) is 19.7. The van der Waals surface area contributed by atoms with Crippen molar-refractivity contribution < 1.29 is 9.59 Å². The van der Waals surface area contributed by atoms with Gasteiger partial charge in [0.15, 0.2) is 0 Å². The molecule has 0 radical (unpaired) electrons. The summed E-state index contributed by atoms with van der Waals surface area (Å²) in [5.74, 6) is -0.0961. The third-order valence-corrected chi connectivity index (χ3v) is 5.15. The van der Waals surface area contributed by atoms with Crippen molar-refractivity contribution in [1.29, 1.82) is 0 Å². The Bertz CT molecular complexity index is 781. The van der Waals surface area contributed by atoms with Gasteiger partial charge in [-0.05, 0) is 51.2 Å². The first kappa shape index (κ1) is 19.1. The van der Waals surface area contributed by atoms with Crippen molar-refractivity contribution in [2.24, 2.45) is 7.05 Å². The predicted octanol–water partition coefficient (Wildman–Crippen LogP) is 1.34. The number of hydrogen-bond acceptors (Lipinski definition) is 4. The van der Waals surface area contributed by atoms with Crippen LogP contribution in [-0.2, 0) is 24.8 Å². The van der Waals surface area contributed by atoms with Crippen LogP contribution in [0.25, 0.3) is 0 Å². The van der Waals surface area contributed by atoms with Gasteiger partial charge >= 0.3 is 0 Å². The fraction of sp³-hybridized carbons (Fsp3) is 0.579. The molecule has 0 atom stereocenters. The number of nitrogens with zero attached hydrogens (tertiary/aromatic N) is 4. The highest BCUT2D eigenvalue weighted by Gasteiger charge is 2.24. The molecule has 1 saturated carbocycles. The van der Waals surface area contributed by atoms with Gasteiger partial charge < -0.3 is 10.6 Å². The van der Waals surface area contributed by atoms with Crippen LogP contribution in [0.3, 0.4) is 0 Å². The van der Waals surface area contributed by atoms with E-state index in [-0.39, 0.29) is 23.9 Å². The van der Waals surface area contributed by atoms with Gasteiger partial charge in [-0.2, -0.15) is 10.2 Å². The average molecular weight is 372 g/mol. The summed E-state index contributed by atoms with van der Waals surface area (Å²) < 4.78 is 3.52. The van der Waals surface area contributed by atoms with Crippen molar-refractivity contribution in [2.45, 2.75) is 64.6 Å². The highest BCUT2D eigenvalue weighted by molar-refractivity contribution is 5.92. The lowest BCUT2D eigenvalue weighted by molar-refractivity contribution is -0.121. The summed E-state index contributed by atoms with van der Waals surface area (Å²) in [7, 11) is 1.83. The minimum atomic E-state index is -0.126. The molecule has 0 aliphatic heterocycles. The largest absolute Gasteiger partial charge is 0.353 e. The maximum absolute atomic E-state index is 12.3. The van der Waals surface area contributed by atoms with Crippen LogP contribution < -0.4 is 10.6 Å². The molecule has 0 aromatic carbocycles. The highest BCUT2D eigenvalue weighted by atomic mass is 16.2. The molecule has 0 saturated heterocycles. The Hall–Kier alpha value is -2.64. The van der Waals surface area contributed by atoms with Crippen LogP contribution in [-0.4, -0.2) is 43.5 Å². The second-order valence-electron chi connectivity index (χ2n) is 7.27. The molecule has 27 heavy (non-hydrogen) atoms. The SMILES string of the molecule is CCn1cc(CC(=O)NC2CCC(NC(=O)c3cc(C)n(C)n3)CC2)cn1. The molecular formula is C19H28N6O2. The first-order valence-corrected chi connectivity index (χ1v) is 9.56. The average Bonchev–Trinajstić information content (AvgIpc) is 3.23. The minimum absolute atomic E-state index is 0.0297. The van der Waals surface area contributed by atoms with E-state index in [1.54, 1.807) is 16.9 Å². The number of amides is 2. The van der Waals surface area contributed by atoms with Gasteiger partial charge in [0, 0.05) is 37.6 Å². The van der Waals surface area contributed by atoms with E-state index in [1.165, 1.54) is 0 Å². The summed E-state index contributed by atoms with van der Waals surface area (Å²) in [5.41, 5.74) is 2.34. The third-order valence-electron chi connectivity index (χ3n) is 5.15. The molecule has 1 fully saturated rings. The molecule has 0 unspecified atom stereocenters. The topological polar surface area (TPSA) is 93.8 Å². The van der Waals surface area contributed by atoms with Gasteiger partial charge in [0.05, 0.1) is 12.6 Å². The summed E-state index contributed by atoms with van der Waals surface area (Å²) in [6, 6.07) is 2.10. The lowest BCUT2D eigenvalue weighted by Gasteiger charge is -2.29. The third kappa shape index (κ3) is 4.96. The Balaban J connectivity index is 1.41. The molecule has 1 aliphatic rings. The van der Waals surface area contributed by atoms with Crippen LogP contribution in [0, 0.1) is 6.92 Å². The number of carbonyl (C=O) groups excluding carboxylic acids is 2. The van der Waals surface area contributed by atoms with Crippen LogP contribution in [0.4, 0.5) is 0 Å². The molecule has 2 heterocycles. The van der Waals surface area contributed by atoms with E-state index in [9.17, 15) is 9.59 Å². The summed E-state index contributed by atoms with van der Waals surface area (Å²) in [6.45, 7) is 4.74. The molecule has 1 aliphatic carbocycles. The van der Waals surface area contributed by atoms with Crippen molar-refractivity contribution in [2.75, 3.05) is 0 Å². The van der Waals surface area contributed by atoms with Crippen molar-refractivity contribution in [3.8, 4) is 0 Å². The molecule has 146 valence electrons. The Morgan fingerprint density at radius 1 is 1.19 bits per heavy atom. The number of aryl methyl sites for hydroxylation is 3. The van der Waals surface area contributed by atoms with Crippen LogP contribution in [0.2, 0.25) is 0 Å². The van der Waals surface area contributed by atoms with Crippen LogP contribution in [0.1, 0.15) is 54.4 Å². The molecule has 2 amide bonds. The Morgan fingerprint density at radius 3 is 2.41 bits per heavy atom. The summed E-state index contributed by atoms with van der Waals surface area (Å²) in [5, 5.41) is 14.6. The Kier molecular flexibility index (Phi) is 5.93. The monoisotopic (exact) mass is 372 g/mol. The van der Waals surface area contributed by atoms with E-state index < -0.39 is 0 Å². The van der Waals surface area contributed by atoms with Gasteiger partial charge in [0.1, 0.15) is 5.69 Å². The maximum atomic E-state index is 12.3. The number of hydrogen-bond donors (Lipinski definition) is 2. The second kappa shape index (κ2) is 8.37. The summed E-state index contributed by atoms with van der Waals surface area (Å²) in [6.07, 6.45) is 7.46. The van der Waals surface area contributed by atoms with Gasteiger partial charge in [-0.15, -0.1) is 0 Å². The molecule has 3 rings (SSSR count). The highest BCUT2D eigenvalue weighted by Crippen LogP contribution is 2.19.